The molecule has 0 bridgehead atoms. The maximum Gasteiger partial charge on any atom is 0.393 e. The molecule has 0 aliphatic carbocycles. The van der Waals surface area contributed by atoms with Crippen LogP contribution in [-0.2, 0) is 6.42 Å². The third-order valence-corrected chi connectivity index (χ3v) is 3.34. The summed E-state index contributed by atoms with van der Waals surface area (Å²) < 4.78 is 37.8. The number of nitrogens with one attached hydrogen (secondary N) is 1. The number of benzene rings is 2. The zero-order valence-electron chi connectivity index (χ0n) is 11.5. The van der Waals surface area contributed by atoms with Gasteiger partial charge >= 0.3 is 6.18 Å². The van der Waals surface area contributed by atoms with Gasteiger partial charge < -0.3 is 4.98 Å². The standard InChI is InChI=1S/C18H12F3N/c19-18(20,21)12-15-5-2-1-4-13(15)8-9-14-6-3-7-17-16(14)10-11-22-17/h1-7,10-11,22H,12H2. The fourth-order valence-electron chi connectivity index (χ4n) is 2.34. The largest absolute Gasteiger partial charge is 0.393 e. The Labute approximate surface area is 125 Å². The minimum atomic E-state index is -4.24. The molecule has 1 heterocycles. The maximum absolute atomic E-state index is 12.6. The van der Waals surface area contributed by atoms with E-state index in [4.69, 9.17) is 0 Å². The third-order valence-electron chi connectivity index (χ3n) is 3.34. The summed E-state index contributed by atoms with van der Waals surface area (Å²) in [4.78, 5) is 3.08. The maximum atomic E-state index is 12.6. The summed E-state index contributed by atoms with van der Waals surface area (Å²) in [5, 5.41) is 0.961. The van der Waals surface area contributed by atoms with Gasteiger partial charge in [-0.05, 0) is 29.8 Å². The second kappa shape index (κ2) is 5.61. The van der Waals surface area contributed by atoms with Crippen LogP contribution in [0.15, 0.2) is 54.7 Å². The van der Waals surface area contributed by atoms with Gasteiger partial charge in [0, 0.05) is 28.2 Å². The van der Waals surface area contributed by atoms with Crippen molar-refractivity contribution in [1.29, 1.82) is 0 Å². The van der Waals surface area contributed by atoms with Crippen LogP contribution in [0.2, 0.25) is 0 Å². The quantitative estimate of drug-likeness (QED) is 0.628. The average Bonchev–Trinajstić information content (AvgIpc) is 2.93. The minimum Gasteiger partial charge on any atom is -0.361 e. The molecule has 0 saturated carbocycles. The summed E-state index contributed by atoms with van der Waals surface area (Å²) in [6.07, 6.45) is -3.39. The SMILES string of the molecule is FC(F)(F)Cc1ccccc1C#Cc1cccc2[nH]ccc12. The van der Waals surface area contributed by atoms with E-state index in [1.807, 2.05) is 30.5 Å². The predicted molar refractivity (Wildman–Crippen MR) is 80.5 cm³/mol. The number of hydrogen-bond acceptors (Lipinski definition) is 0. The fourth-order valence-corrected chi connectivity index (χ4v) is 2.34. The normalized spacial score (nSPS) is 11.2. The Morgan fingerprint density at radius 1 is 0.864 bits per heavy atom. The monoisotopic (exact) mass is 299 g/mol. The highest BCUT2D eigenvalue weighted by atomic mass is 19.4. The minimum absolute atomic E-state index is 0.198. The van der Waals surface area contributed by atoms with Crippen LogP contribution >= 0.6 is 0 Å². The van der Waals surface area contributed by atoms with Crippen LogP contribution in [0.5, 0.6) is 0 Å². The summed E-state index contributed by atoms with van der Waals surface area (Å²) in [5.74, 6) is 5.85. The van der Waals surface area contributed by atoms with Crippen LogP contribution in [-0.4, -0.2) is 11.2 Å². The van der Waals surface area contributed by atoms with Gasteiger partial charge in [-0.1, -0.05) is 36.1 Å². The molecule has 0 spiro atoms. The molecule has 4 heteroatoms. The predicted octanol–water partition coefficient (Wildman–Crippen LogP) is 4.67. The van der Waals surface area contributed by atoms with E-state index in [1.165, 1.54) is 6.07 Å². The molecule has 1 nitrogen and oxygen atoms in total. The number of hydrogen-bond donors (Lipinski definition) is 1. The zero-order chi connectivity index (χ0) is 15.6. The van der Waals surface area contributed by atoms with Gasteiger partial charge in [0.2, 0.25) is 0 Å². The molecule has 0 unspecified atom stereocenters. The summed E-state index contributed by atoms with van der Waals surface area (Å²) in [6.45, 7) is 0. The van der Waals surface area contributed by atoms with Crippen LogP contribution in [0.25, 0.3) is 10.9 Å². The number of aromatic nitrogens is 1. The summed E-state index contributed by atoms with van der Waals surface area (Å²) >= 11 is 0. The Hall–Kier alpha value is -2.67. The van der Waals surface area contributed by atoms with Crippen molar-refractivity contribution in [3.63, 3.8) is 0 Å². The van der Waals surface area contributed by atoms with E-state index < -0.39 is 12.6 Å². The Morgan fingerprint density at radius 3 is 2.41 bits per heavy atom. The Bertz CT molecular complexity index is 863. The molecular weight excluding hydrogens is 287 g/mol. The Balaban J connectivity index is 1.99. The van der Waals surface area contributed by atoms with Gasteiger partial charge in [-0.3, -0.25) is 0 Å². The van der Waals surface area contributed by atoms with E-state index in [-0.39, 0.29) is 5.56 Å². The molecule has 1 N–H and O–H groups in total. The molecule has 3 aromatic rings. The van der Waals surface area contributed by atoms with Gasteiger partial charge in [0.05, 0.1) is 6.42 Å². The fraction of sp³-hybridized carbons (Fsp3) is 0.111. The van der Waals surface area contributed by atoms with Crippen molar-refractivity contribution in [1.82, 2.24) is 4.98 Å². The zero-order valence-corrected chi connectivity index (χ0v) is 11.5. The first-order valence-corrected chi connectivity index (χ1v) is 6.76. The number of halogens is 3. The van der Waals surface area contributed by atoms with E-state index in [1.54, 1.807) is 18.2 Å². The van der Waals surface area contributed by atoms with Crippen molar-refractivity contribution in [2.45, 2.75) is 12.6 Å². The molecular formula is C18H12F3N. The highest BCUT2D eigenvalue weighted by Gasteiger charge is 2.28. The van der Waals surface area contributed by atoms with Gasteiger partial charge in [0.1, 0.15) is 0 Å². The van der Waals surface area contributed by atoms with E-state index in [2.05, 4.69) is 16.8 Å². The molecule has 0 radical (unpaired) electrons. The van der Waals surface area contributed by atoms with E-state index >= 15 is 0 Å². The van der Waals surface area contributed by atoms with E-state index in [0.29, 0.717) is 5.56 Å². The molecule has 1 aromatic heterocycles. The smallest absolute Gasteiger partial charge is 0.361 e. The second-order valence-electron chi connectivity index (χ2n) is 4.94. The first kappa shape index (κ1) is 14.3. The summed E-state index contributed by atoms with van der Waals surface area (Å²) in [5.41, 5.74) is 2.35. The molecule has 2 aromatic carbocycles. The van der Waals surface area contributed by atoms with Crippen LogP contribution in [0, 0.1) is 11.8 Å². The van der Waals surface area contributed by atoms with E-state index in [0.717, 1.165) is 16.5 Å². The number of aromatic amines is 1. The third kappa shape index (κ3) is 3.15. The molecule has 22 heavy (non-hydrogen) atoms. The van der Waals surface area contributed by atoms with Crippen LogP contribution in [0.1, 0.15) is 16.7 Å². The molecule has 0 amide bonds. The van der Waals surface area contributed by atoms with Crippen molar-refractivity contribution in [3.05, 3.63) is 71.4 Å². The highest BCUT2D eigenvalue weighted by molar-refractivity contribution is 5.85. The second-order valence-corrected chi connectivity index (χ2v) is 4.94. The van der Waals surface area contributed by atoms with Crippen molar-refractivity contribution < 1.29 is 13.2 Å². The van der Waals surface area contributed by atoms with Crippen molar-refractivity contribution >= 4 is 10.9 Å². The summed E-state index contributed by atoms with van der Waals surface area (Å²) in [6, 6.07) is 13.9. The molecule has 0 atom stereocenters. The van der Waals surface area contributed by atoms with Gasteiger partial charge in [-0.2, -0.15) is 13.2 Å². The number of fused-ring (bicyclic) bond motifs is 1. The van der Waals surface area contributed by atoms with Crippen molar-refractivity contribution in [2.75, 3.05) is 0 Å². The van der Waals surface area contributed by atoms with Gasteiger partial charge in [-0.15, -0.1) is 0 Å². The molecule has 0 aliphatic rings. The number of rotatable bonds is 1. The Kier molecular flexibility index (Phi) is 3.64. The van der Waals surface area contributed by atoms with Gasteiger partial charge in [-0.25, -0.2) is 0 Å². The number of alkyl halides is 3. The van der Waals surface area contributed by atoms with Crippen LogP contribution in [0.4, 0.5) is 13.2 Å². The Morgan fingerprint density at radius 2 is 1.59 bits per heavy atom. The number of H-pyrrole nitrogens is 1. The van der Waals surface area contributed by atoms with Gasteiger partial charge in [0.25, 0.3) is 0 Å². The molecule has 0 aliphatic heterocycles. The molecule has 3 rings (SSSR count). The first-order chi connectivity index (χ1) is 10.5. The molecule has 110 valence electrons. The average molecular weight is 299 g/mol. The first-order valence-electron chi connectivity index (χ1n) is 6.76. The lowest BCUT2D eigenvalue weighted by atomic mass is 10.0. The van der Waals surface area contributed by atoms with Crippen LogP contribution < -0.4 is 0 Å². The lowest BCUT2D eigenvalue weighted by Crippen LogP contribution is -2.12. The van der Waals surface area contributed by atoms with Crippen LogP contribution in [0.3, 0.4) is 0 Å². The van der Waals surface area contributed by atoms with Crippen molar-refractivity contribution in [3.8, 4) is 11.8 Å². The summed E-state index contributed by atoms with van der Waals surface area (Å²) in [7, 11) is 0. The lowest BCUT2D eigenvalue weighted by molar-refractivity contribution is -0.127. The molecule has 0 fully saturated rings. The topological polar surface area (TPSA) is 15.8 Å². The van der Waals surface area contributed by atoms with Crippen molar-refractivity contribution in [2.24, 2.45) is 0 Å². The lowest BCUT2D eigenvalue weighted by Gasteiger charge is -2.07. The van der Waals surface area contributed by atoms with Gasteiger partial charge in [0.15, 0.2) is 0 Å². The highest BCUT2D eigenvalue weighted by Crippen LogP contribution is 2.23. The van der Waals surface area contributed by atoms with E-state index in [9.17, 15) is 13.2 Å². The molecule has 0 saturated heterocycles.